The van der Waals surface area contributed by atoms with Crippen molar-refractivity contribution in [3.8, 4) is 11.4 Å². The molecule has 0 aliphatic carbocycles. The number of aliphatic imine (C=N–C) groups is 2. The second-order valence-corrected chi connectivity index (χ2v) is 6.90. The minimum atomic E-state index is 0.862. The maximum absolute atomic E-state index is 4.54. The number of rotatable bonds is 6. The zero-order valence-electron chi connectivity index (χ0n) is 17.0. The van der Waals surface area contributed by atoms with Crippen LogP contribution >= 0.6 is 0 Å². The van der Waals surface area contributed by atoms with Crippen molar-refractivity contribution in [2.45, 2.75) is 0 Å². The summed E-state index contributed by atoms with van der Waals surface area (Å²) in [6.07, 6.45) is 10.0. The first-order chi connectivity index (χ1) is 15.8. The molecule has 8 nitrogen and oxygen atoms in total. The molecule has 154 valence electrons. The van der Waals surface area contributed by atoms with Crippen LogP contribution in [0, 0.1) is 0 Å². The van der Waals surface area contributed by atoms with E-state index in [1.807, 2.05) is 85.2 Å². The molecular formula is C24H18N8. The number of hydrogen-bond donors (Lipinski definition) is 0. The maximum atomic E-state index is 4.54. The summed E-state index contributed by atoms with van der Waals surface area (Å²) in [6, 6.07) is 23.7. The Bertz CT molecular complexity index is 1210. The van der Waals surface area contributed by atoms with Gasteiger partial charge in [0.05, 0.1) is 22.7 Å². The molecule has 0 aliphatic rings. The van der Waals surface area contributed by atoms with Crippen LogP contribution in [0.2, 0.25) is 0 Å². The number of nitrogens with zero attached hydrogens (tertiary/aromatic N) is 8. The van der Waals surface area contributed by atoms with Gasteiger partial charge in [-0.05, 0) is 59.7 Å². The van der Waals surface area contributed by atoms with Crippen molar-refractivity contribution in [1.82, 2.24) is 29.5 Å². The lowest BCUT2D eigenvalue weighted by molar-refractivity contribution is 0.879. The van der Waals surface area contributed by atoms with Gasteiger partial charge in [-0.25, -0.2) is 19.3 Å². The highest BCUT2D eigenvalue weighted by atomic mass is 15.3. The van der Waals surface area contributed by atoms with Gasteiger partial charge in [0.15, 0.2) is 0 Å². The molecule has 5 aromatic rings. The Morgan fingerprint density at radius 2 is 0.938 bits per heavy atom. The van der Waals surface area contributed by atoms with Gasteiger partial charge in [0.2, 0.25) is 0 Å². The second-order valence-electron chi connectivity index (χ2n) is 6.90. The van der Waals surface area contributed by atoms with Crippen LogP contribution in [-0.4, -0.2) is 42.0 Å². The first-order valence-electron chi connectivity index (χ1n) is 9.92. The van der Waals surface area contributed by atoms with Gasteiger partial charge in [-0.3, -0.25) is 9.98 Å². The molecule has 0 atom stereocenters. The topological polar surface area (TPSA) is 86.1 Å². The molecule has 8 heteroatoms. The lowest BCUT2D eigenvalue weighted by Gasteiger charge is -2.01. The highest BCUT2D eigenvalue weighted by molar-refractivity contribution is 5.83. The minimum absolute atomic E-state index is 0.862. The van der Waals surface area contributed by atoms with Crippen molar-refractivity contribution in [1.29, 1.82) is 0 Å². The van der Waals surface area contributed by atoms with Crippen molar-refractivity contribution in [3.63, 3.8) is 0 Å². The molecule has 2 heterocycles. The lowest BCUT2D eigenvalue weighted by atomic mass is 10.2. The van der Waals surface area contributed by atoms with Crippen molar-refractivity contribution >= 4 is 23.8 Å². The molecule has 0 aliphatic heterocycles. The van der Waals surface area contributed by atoms with E-state index in [1.54, 1.807) is 22.0 Å². The van der Waals surface area contributed by atoms with Gasteiger partial charge in [0.1, 0.15) is 25.3 Å². The Morgan fingerprint density at radius 1 is 0.531 bits per heavy atom. The summed E-state index contributed by atoms with van der Waals surface area (Å²) in [5.74, 6) is 0. The van der Waals surface area contributed by atoms with Crippen molar-refractivity contribution in [2.24, 2.45) is 9.98 Å². The van der Waals surface area contributed by atoms with Crippen LogP contribution < -0.4 is 0 Å². The van der Waals surface area contributed by atoms with Crippen LogP contribution in [-0.2, 0) is 0 Å². The summed E-state index contributed by atoms with van der Waals surface area (Å²) in [7, 11) is 0. The Hall–Kier alpha value is -4.72. The smallest absolute Gasteiger partial charge is 0.138 e. The zero-order valence-corrected chi connectivity index (χ0v) is 17.0. The predicted octanol–water partition coefficient (Wildman–Crippen LogP) is 4.35. The van der Waals surface area contributed by atoms with E-state index in [0.717, 1.165) is 33.9 Å². The fraction of sp³-hybridized carbons (Fsp3) is 0. The third kappa shape index (κ3) is 4.54. The molecule has 0 saturated carbocycles. The normalized spacial score (nSPS) is 11.5. The Balaban J connectivity index is 1.21. The number of benzene rings is 3. The van der Waals surface area contributed by atoms with Crippen LogP contribution in [0.3, 0.4) is 0 Å². The first kappa shape index (κ1) is 19.3. The van der Waals surface area contributed by atoms with E-state index >= 15 is 0 Å². The van der Waals surface area contributed by atoms with Crippen LogP contribution in [0.15, 0.2) is 108 Å². The molecule has 0 saturated heterocycles. The average molecular weight is 418 g/mol. The molecule has 0 N–H and O–H groups in total. The van der Waals surface area contributed by atoms with E-state index < -0.39 is 0 Å². The summed E-state index contributed by atoms with van der Waals surface area (Å²) >= 11 is 0. The van der Waals surface area contributed by atoms with E-state index in [-0.39, 0.29) is 0 Å². The monoisotopic (exact) mass is 418 g/mol. The SMILES string of the molecule is C(=Nc1ccc(N=Cc2ccc(-n3cncn3)cc2)cc1)c1ccc(-n2cncn2)cc1. The Kier molecular flexibility index (Phi) is 5.40. The standard InChI is InChI=1S/C24H18N8/c1-9-23(31-17-25-15-29-31)10-2-19(1)13-27-21-5-7-22(8-6-21)28-14-20-3-11-24(12-4-20)32-18-26-16-30-32/h1-18H. The molecule has 32 heavy (non-hydrogen) atoms. The molecule has 3 aromatic carbocycles. The highest BCUT2D eigenvalue weighted by Crippen LogP contribution is 2.19. The van der Waals surface area contributed by atoms with E-state index in [0.29, 0.717) is 0 Å². The van der Waals surface area contributed by atoms with Crippen LogP contribution in [0.1, 0.15) is 11.1 Å². The van der Waals surface area contributed by atoms with Gasteiger partial charge < -0.3 is 0 Å². The molecule has 0 bridgehead atoms. The molecule has 2 aromatic heterocycles. The molecular weight excluding hydrogens is 400 g/mol. The lowest BCUT2D eigenvalue weighted by Crippen LogP contribution is -1.94. The van der Waals surface area contributed by atoms with Gasteiger partial charge in [-0.1, -0.05) is 24.3 Å². The van der Waals surface area contributed by atoms with Gasteiger partial charge in [0.25, 0.3) is 0 Å². The third-order valence-corrected chi connectivity index (χ3v) is 4.73. The summed E-state index contributed by atoms with van der Waals surface area (Å²) < 4.78 is 3.43. The average Bonchev–Trinajstić information content (AvgIpc) is 3.58. The molecule has 0 fully saturated rings. The quantitative estimate of drug-likeness (QED) is 0.384. The fourth-order valence-corrected chi connectivity index (χ4v) is 3.03. The molecule has 5 rings (SSSR count). The van der Waals surface area contributed by atoms with Gasteiger partial charge in [-0.2, -0.15) is 10.2 Å². The first-order valence-corrected chi connectivity index (χ1v) is 9.92. The van der Waals surface area contributed by atoms with Crippen LogP contribution in [0.5, 0.6) is 0 Å². The van der Waals surface area contributed by atoms with Gasteiger partial charge in [-0.15, -0.1) is 0 Å². The van der Waals surface area contributed by atoms with Gasteiger partial charge in [0, 0.05) is 12.4 Å². The predicted molar refractivity (Wildman–Crippen MR) is 124 cm³/mol. The van der Waals surface area contributed by atoms with E-state index in [1.165, 1.54) is 12.7 Å². The summed E-state index contributed by atoms with van der Waals surface area (Å²) in [6.45, 7) is 0. The Labute approximate surface area is 184 Å². The van der Waals surface area contributed by atoms with Crippen molar-refractivity contribution < 1.29 is 0 Å². The molecule has 0 spiro atoms. The van der Waals surface area contributed by atoms with Crippen LogP contribution in [0.25, 0.3) is 11.4 Å². The third-order valence-electron chi connectivity index (χ3n) is 4.73. The fourth-order valence-electron chi connectivity index (χ4n) is 3.03. The zero-order chi connectivity index (χ0) is 21.6. The summed E-state index contributed by atoms with van der Waals surface area (Å²) in [5, 5.41) is 8.24. The molecule has 0 amide bonds. The second kappa shape index (κ2) is 8.97. The highest BCUT2D eigenvalue weighted by Gasteiger charge is 1.98. The van der Waals surface area contributed by atoms with Crippen molar-refractivity contribution in [2.75, 3.05) is 0 Å². The van der Waals surface area contributed by atoms with Crippen molar-refractivity contribution in [3.05, 3.63) is 109 Å². The van der Waals surface area contributed by atoms with Crippen LogP contribution in [0.4, 0.5) is 11.4 Å². The summed E-state index contributed by atoms with van der Waals surface area (Å²) in [4.78, 5) is 17.0. The summed E-state index contributed by atoms with van der Waals surface area (Å²) in [5.41, 5.74) is 5.64. The van der Waals surface area contributed by atoms with E-state index in [4.69, 9.17) is 0 Å². The van der Waals surface area contributed by atoms with E-state index in [2.05, 4.69) is 30.2 Å². The molecule has 0 unspecified atom stereocenters. The van der Waals surface area contributed by atoms with E-state index in [9.17, 15) is 0 Å². The minimum Gasteiger partial charge on any atom is -0.256 e. The maximum Gasteiger partial charge on any atom is 0.138 e. The number of hydrogen-bond acceptors (Lipinski definition) is 6. The largest absolute Gasteiger partial charge is 0.256 e. The Morgan fingerprint density at radius 3 is 1.28 bits per heavy atom. The molecule has 0 radical (unpaired) electrons. The van der Waals surface area contributed by atoms with Gasteiger partial charge >= 0.3 is 0 Å². The number of aromatic nitrogens is 6.